The molecule has 0 aromatic heterocycles. The van der Waals surface area contributed by atoms with Crippen molar-refractivity contribution in [1.29, 1.82) is 0 Å². The highest BCUT2D eigenvalue weighted by Gasteiger charge is 2.39. The second-order valence-electron chi connectivity index (χ2n) is 4.95. The van der Waals surface area contributed by atoms with Gasteiger partial charge in [-0.05, 0) is 29.7 Å². The van der Waals surface area contributed by atoms with Crippen LogP contribution < -0.4 is 5.32 Å². The standard InChI is InChI=1S/C13H10F9NO/c1-6(5-23-10(24)13(20,21)22)7-2-8(11(14,15)16)4-9(3-7)12(17,18)19/h2-4,6H,5H2,1H3,(H,23,24)/t6-/m0/s1. The Labute approximate surface area is 129 Å². The molecule has 2 nitrogen and oxygen atoms in total. The van der Waals surface area contributed by atoms with Crippen molar-refractivity contribution in [1.82, 2.24) is 5.32 Å². The monoisotopic (exact) mass is 367 g/mol. The van der Waals surface area contributed by atoms with E-state index in [0.717, 1.165) is 6.92 Å². The summed E-state index contributed by atoms with van der Waals surface area (Å²) in [4.78, 5) is 10.7. The molecule has 24 heavy (non-hydrogen) atoms. The third-order valence-electron chi connectivity index (χ3n) is 3.01. The minimum Gasteiger partial charge on any atom is -0.348 e. The molecular weight excluding hydrogens is 357 g/mol. The van der Waals surface area contributed by atoms with Gasteiger partial charge in [0, 0.05) is 6.54 Å². The molecule has 1 rings (SSSR count). The maximum Gasteiger partial charge on any atom is 0.471 e. The Morgan fingerprint density at radius 2 is 1.33 bits per heavy atom. The van der Waals surface area contributed by atoms with Crippen molar-refractivity contribution in [2.24, 2.45) is 0 Å². The summed E-state index contributed by atoms with van der Waals surface area (Å²) in [6.07, 6.45) is -15.3. The number of amides is 1. The quantitative estimate of drug-likeness (QED) is 0.783. The summed E-state index contributed by atoms with van der Waals surface area (Å²) in [7, 11) is 0. The van der Waals surface area contributed by atoms with Crippen LogP contribution in [0, 0.1) is 0 Å². The Kier molecular flexibility index (Phi) is 5.46. The normalized spacial score (nSPS) is 14.4. The van der Waals surface area contributed by atoms with Crippen molar-refractivity contribution in [3.8, 4) is 0 Å². The minimum absolute atomic E-state index is 0.0927. The van der Waals surface area contributed by atoms with E-state index in [1.165, 1.54) is 5.32 Å². The third kappa shape index (κ3) is 5.31. The minimum atomic E-state index is -5.20. The summed E-state index contributed by atoms with van der Waals surface area (Å²) in [5, 5.41) is 1.41. The summed E-state index contributed by atoms with van der Waals surface area (Å²) >= 11 is 0. The largest absolute Gasteiger partial charge is 0.471 e. The van der Waals surface area contributed by atoms with E-state index in [1.807, 2.05) is 0 Å². The Morgan fingerprint density at radius 3 is 1.67 bits per heavy atom. The topological polar surface area (TPSA) is 29.1 Å². The Hall–Kier alpha value is -1.94. The first kappa shape index (κ1) is 20.1. The van der Waals surface area contributed by atoms with E-state index < -0.39 is 53.6 Å². The lowest BCUT2D eigenvalue weighted by molar-refractivity contribution is -0.173. The van der Waals surface area contributed by atoms with Crippen molar-refractivity contribution >= 4 is 5.91 Å². The van der Waals surface area contributed by atoms with Crippen LogP contribution in [0.5, 0.6) is 0 Å². The molecule has 136 valence electrons. The molecule has 0 radical (unpaired) electrons. The van der Waals surface area contributed by atoms with Crippen molar-refractivity contribution in [2.75, 3.05) is 6.54 Å². The first-order chi connectivity index (χ1) is 10.6. The summed E-state index contributed by atoms with van der Waals surface area (Å²) < 4.78 is 112. The summed E-state index contributed by atoms with van der Waals surface area (Å²) in [6, 6.07) is 0.712. The molecule has 1 amide bonds. The van der Waals surface area contributed by atoms with E-state index in [0.29, 0.717) is 12.1 Å². The Bertz CT molecular complexity index is 569. The van der Waals surface area contributed by atoms with Gasteiger partial charge in [-0.15, -0.1) is 0 Å². The van der Waals surface area contributed by atoms with Gasteiger partial charge in [-0.3, -0.25) is 4.79 Å². The lowest BCUT2D eigenvalue weighted by Gasteiger charge is -2.18. The van der Waals surface area contributed by atoms with Gasteiger partial charge in [0.2, 0.25) is 0 Å². The molecule has 0 aliphatic heterocycles. The zero-order chi connectivity index (χ0) is 18.9. The van der Waals surface area contributed by atoms with E-state index in [2.05, 4.69) is 0 Å². The van der Waals surface area contributed by atoms with Gasteiger partial charge in [-0.2, -0.15) is 39.5 Å². The number of carbonyl (C=O) groups is 1. The molecular formula is C13H10F9NO. The number of hydrogen-bond acceptors (Lipinski definition) is 1. The van der Waals surface area contributed by atoms with Crippen LogP contribution >= 0.6 is 0 Å². The predicted octanol–water partition coefficient (Wildman–Crippen LogP) is 4.51. The number of hydrogen-bond donors (Lipinski definition) is 1. The van der Waals surface area contributed by atoms with Crippen LogP contribution in [0.25, 0.3) is 0 Å². The molecule has 0 unspecified atom stereocenters. The van der Waals surface area contributed by atoms with Gasteiger partial charge in [0.1, 0.15) is 0 Å². The fraction of sp³-hybridized carbons (Fsp3) is 0.462. The van der Waals surface area contributed by atoms with Crippen molar-refractivity contribution in [3.05, 3.63) is 34.9 Å². The fourth-order valence-corrected chi connectivity index (χ4v) is 1.73. The van der Waals surface area contributed by atoms with Gasteiger partial charge in [0.05, 0.1) is 11.1 Å². The van der Waals surface area contributed by atoms with E-state index in [4.69, 9.17) is 0 Å². The third-order valence-corrected chi connectivity index (χ3v) is 3.01. The molecule has 1 aromatic carbocycles. The van der Waals surface area contributed by atoms with Gasteiger partial charge in [-0.1, -0.05) is 6.92 Å². The van der Waals surface area contributed by atoms with Gasteiger partial charge in [-0.25, -0.2) is 0 Å². The maximum absolute atomic E-state index is 12.7. The van der Waals surface area contributed by atoms with Gasteiger partial charge in [0.15, 0.2) is 0 Å². The highest BCUT2D eigenvalue weighted by molar-refractivity contribution is 5.81. The molecule has 0 saturated heterocycles. The smallest absolute Gasteiger partial charge is 0.348 e. The molecule has 0 aliphatic rings. The Balaban J connectivity index is 3.11. The average molecular weight is 367 g/mol. The summed E-state index contributed by atoms with van der Waals surface area (Å²) in [5.74, 6) is -3.54. The molecule has 0 fully saturated rings. The molecule has 1 atom stereocenters. The summed E-state index contributed by atoms with van der Waals surface area (Å²) in [6.45, 7) is 0.309. The Morgan fingerprint density at radius 1 is 0.917 bits per heavy atom. The number of carbonyl (C=O) groups excluding carboxylic acids is 1. The van der Waals surface area contributed by atoms with Crippen LogP contribution in [0.4, 0.5) is 39.5 Å². The van der Waals surface area contributed by atoms with Crippen LogP contribution in [-0.4, -0.2) is 18.6 Å². The van der Waals surface area contributed by atoms with Crippen LogP contribution in [0.15, 0.2) is 18.2 Å². The number of rotatable bonds is 3. The van der Waals surface area contributed by atoms with E-state index in [1.54, 1.807) is 0 Å². The predicted molar refractivity (Wildman–Crippen MR) is 63.9 cm³/mol. The number of alkyl halides is 9. The van der Waals surface area contributed by atoms with Crippen molar-refractivity contribution in [3.63, 3.8) is 0 Å². The highest BCUT2D eigenvalue weighted by atomic mass is 19.4. The molecule has 0 aliphatic carbocycles. The van der Waals surface area contributed by atoms with Crippen molar-refractivity contribution < 1.29 is 44.3 Å². The first-order valence-corrected chi connectivity index (χ1v) is 6.26. The molecule has 0 spiro atoms. The molecule has 0 heterocycles. The van der Waals surface area contributed by atoms with Crippen LogP contribution in [-0.2, 0) is 17.1 Å². The molecule has 1 aromatic rings. The van der Waals surface area contributed by atoms with Crippen LogP contribution in [0.1, 0.15) is 29.5 Å². The van der Waals surface area contributed by atoms with E-state index in [-0.39, 0.29) is 6.07 Å². The maximum atomic E-state index is 12.7. The summed E-state index contributed by atoms with van der Waals surface area (Å²) in [5.41, 5.74) is -3.66. The average Bonchev–Trinajstić information content (AvgIpc) is 2.40. The molecule has 11 heteroatoms. The lowest BCUT2D eigenvalue weighted by Crippen LogP contribution is -2.38. The van der Waals surface area contributed by atoms with Crippen molar-refractivity contribution in [2.45, 2.75) is 31.4 Å². The zero-order valence-corrected chi connectivity index (χ0v) is 11.8. The van der Waals surface area contributed by atoms with Crippen LogP contribution in [0.3, 0.4) is 0 Å². The highest BCUT2D eigenvalue weighted by Crippen LogP contribution is 2.37. The molecule has 0 saturated carbocycles. The van der Waals surface area contributed by atoms with Gasteiger partial charge < -0.3 is 5.32 Å². The number of halogens is 9. The van der Waals surface area contributed by atoms with Gasteiger partial charge in [0.25, 0.3) is 0 Å². The first-order valence-electron chi connectivity index (χ1n) is 6.26. The fourth-order valence-electron chi connectivity index (χ4n) is 1.73. The number of benzene rings is 1. The van der Waals surface area contributed by atoms with Gasteiger partial charge >= 0.3 is 24.4 Å². The molecule has 1 N–H and O–H groups in total. The van der Waals surface area contributed by atoms with E-state index in [9.17, 15) is 44.3 Å². The van der Waals surface area contributed by atoms with Crippen LogP contribution in [0.2, 0.25) is 0 Å². The number of nitrogens with one attached hydrogen (secondary N) is 1. The molecule has 0 bridgehead atoms. The van der Waals surface area contributed by atoms with E-state index >= 15 is 0 Å². The SMILES string of the molecule is C[C@@H](CNC(=O)C(F)(F)F)c1cc(C(F)(F)F)cc(C(F)(F)F)c1. The lowest BCUT2D eigenvalue weighted by atomic mass is 9.95. The second kappa shape index (κ2) is 6.52. The zero-order valence-electron chi connectivity index (χ0n) is 11.8. The second-order valence-corrected chi connectivity index (χ2v) is 4.95.